The second-order valence-electron chi connectivity index (χ2n) is 2.73. The average molecular weight is 231 g/mol. The number of carbonyl (C=O) groups excluding carboxylic acids is 1. The molecule has 0 aromatic carbocycles. The van der Waals surface area contributed by atoms with Crippen LogP contribution in [0.15, 0.2) is 15.2 Å². The number of carbonyl (C=O) groups is 1. The van der Waals surface area contributed by atoms with E-state index in [1.165, 1.54) is 5.56 Å². The van der Waals surface area contributed by atoms with Gasteiger partial charge in [-0.2, -0.15) is 11.3 Å². The van der Waals surface area contributed by atoms with Crippen LogP contribution >= 0.6 is 27.3 Å². The van der Waals surface area contributed by atoms with Gasteiger partial charge < -0.3 is 0 Å². The molecule has 0 radical (unpaired) electrons. The first-order valence-corrected chi connectivity index (χ1v) is 5.27. The summed E-state index contributed by atoms with van der Waals surface area (Å²) in [6.07, 6.45) is 1.81. The number of hydrogen-bond acceptors (Lipinski definition) is 2. The summed E-state index contributed by atoms with van der Waals surface area (Å²) >= 11 is 5.07. The zero-order valence-electron chi connectivity index (χ0n) is 5.84. The minimum atomic E-state index is 0.204. The number of halogens is 1. The van der Waals surface area contributed by atoms with E-state index in [0.717, 1.165) is 17.3 Å². The molecule has 3 heteroatoms. The number of ketones is 1. The minimum Gasteiger partial charge on any atom is -0.299 e. The molecule has 1 fully saturated rings. The highest BCUT2D eigenvalue weighted by molar-refractivity contribution is 9.10. The van der Waals surface area contributed by atoms with Gasteiger partial charge in [0.05, 0.1) is 0 Å². The summed E-state index contributed by atoms with van der Waals surface area (Å²) in [5, 5.41) is 4.09. The Morgan fingerprint density at radius 3 is 2.73 bits per heavy atom. The van der Waals surface area contributed by atoms with Crippen LogP contribution in [0.3, 0.4) is 0 Å². The average Bonchev–Trinajstić information content (AvgIpc) is 2.34. The molecule has 0 N–H and O–H groups in total. The van der Waals surface area contributed by atoms with E-state index >= 15 is 0 Å². The molecule has 0 bridgehead atoms. The molecule has 0 spiro atoms. The van der Waals surface area contributed by atoms with Crippen molar-refractivity contribution in [1.82, 2.24) is 0 Å². The van der Waals surface area contributed by atoms with Crippen molar-refractivity contribution in [2.45, 2.75) is 18.8 Å². The van der Waals surface area contributed by atoms with Gasteiger partial charge in [0.25, 0.3) is 0 Å². The van der Waals surface area contributed by atoms with Crippen LogP contribution in [-0.4, -0.2) is 5.78 Å². The van der Waals surface area contributed by atoms with Crippen LogP contribution in [0, 0.1) is 0 Å². The lowest BCUT2D eigenvalue weighted by Crippen LogP contribution is -2.22. The maximum atomic E-state index is 11.1. The zero-order valence-corrected chi connectivity index (χ0v) is 8.24. The van der Waals surface area contributed by atoms with Crippen molar-refractivity contribution >= 4 is 33.0 Å². The normalized spacial score (nSPS) is 23.4. The Bertz CT molecular complexity index is 292. The molecule has 1 aliphatic carbocycles. The SMILES string of the molecule is O=C1CCC1c1cscc1Br. The van der Waals surface area contributed by atoms with E-state index in [1.807, 2.05) is 5.38 Å². The molecular weight excluding hydrogens is 224 g/mol. The number of hydrogen-bond donors (Lipinski definition) is 0. The fourth-order valence-corrected chi connectivity index (χ4v) is 2.90. The third-order valence-electron chi connectivity index (χ3n) is 2.09. The molecular formula is C8H7BrOS. The molecule has 1 unspecified atom stereocenters. The fraction of sp³-hybridized carbons (Fsp3) is 0.375. The third kappa shape index (κ3) is 1.16. The van der Waals surface area contributed by atoms with Crippen molar-refractivity contribution in [3.8, 4) is 0 Å². The number of thiophene rings is 1. The maximum absolute atomic E-state index is 11.1. The largest absolute Gasteiger partial charge is 0.299 e. The third-order valence-corrected chi connectivity index (χ3v) is 3.84. The van der Waals surface area contributed by atoms with Crippen LogP contribution < -0.4 is 0 Å². The summed E-state index contributed by atoms with van der Waals surface area (Å²) in [4.78, 5) is 11.1. The molecule has 2 rings (SSSR count). The van der Waals surface area contributed by atoms with E-state index in [4.69, 9.17) is 0 Å². The van der Waals surface area contributed by atoms with Crippen molar-refractivity contribution < 1.29 is 4.79 Å². The van der Waals surface area contributed by atoms with Gasteiger partial charge in [0.15, 0.2) is 0 Å². The zero-order chi connectivity index (χ0) is 7.84. The van der Waals surface area contributed by atoms with E-state index in [9.17, 15) is 4.79 Å². The van der Waals surface area contributed by atoms with Crippen LogP contribution in [0.4, 0.5) is 0 Å². The summed E-state index contributed by atoms with van der Waals surface area (Å²) in [6, 6.07) is 0. The second-order valence-corrected chi connectivity index (χ2v) is 4.33. The van der Waals surface area contributed by atoms with Gasteiger partial charge in [-0.3, -0.25) is 4.79 Å². The minimum absolute atomic E-state index is 0.204. The van der Waals surface area contributed by atoms with E-state index < -0.39 is 0 Å². The van der Waals surface area contributed by atoms with E-state index in [1.54, 1.807) is 11.3 Å². The highest BCUT2D eigenvalue weighted by Crippen LogP contribution is 2.38. The first-order valence-electron chi connectivity index (χ1n) is 3.53. The predicted molar refractivity (Wildman–Crippen MR) is 49.0 cm³/mol. The van der Waals surface area contributed by atoms with Crippen LogP contribution in [0.1, 0.15) is 24.3 Å². The summed E-state index contributed by atoms with van der Waals surface area (Å²) in [7, 11) is 0. The van der Waals surface area contributed by atoms with Gasteiger partial charge in [0, 0.05) is 22.2 Å². The van der Waals surface area contributed by atoms with Crippen molar-refractivity contribution in [2.75, 3.05) is 0 Å². The van der Waals surface area contributed by atoms with Crippen LogP contribution in [-0.2, 0) is 4.79 Å². The quantitative estimate of drug-likeness (QED) is 0.726. The topological polar surface area (TPSA) is 17.1 Å². The second kappa shape index (κ2) is 2.72. The van der Waals surface area contributed by atoms with E-state index in [-0.39, 0.29) is 5.92 Å². The van der Waals surface area contributed by atoms with Crippen molar-refractivity contribution in [3.05, 3.63) is 20.8 Å². The van der Waals surface area contributed by atoms with E-state index in [0.29, 0.717) is 5.78 Å². The standard InChI is InChI=1S/C8H7BrOS/c9-7-4-11-3-6(7)5-1-2-8(5)10/h3-5H,1-2H2. The Hall–Kier alpha value is -0.150. The summed E-state index contributed by atoms with van der Waals surface area (Å²) in [6.45, 7) is 0. The maximum Gasteiger partial charge on any atom is 0.140 e. The Kier molecular flexibility index (Phi) is 1.85. The number of rotatable bonds is 1. The van der Waals surface area contributed by atoms with Crippen LogP contribution in [0.2, 0.25) is 0 Å². The number of Topliss-reactive ketones (excluding diaryl/α,β-unsaturated/α-hetero) is 1. The Morgan fingerprint density at radius 1 is 1.55 bits per heavy atom. The van der Waals surface area contributed by atoms with Gasteiger partial charge in [-0.15, -0.1) is 0 Å². The molecule has 1 atom stereocenters. The molecule has 1 aromatic heterocycles. The molecule has 1 saturated carbocycles. The lowest BCUT2D eigenvalue weighted by atomic mass is 9.80. The first kappa shape index (κ1) is 7.50. The fourth-order valence-electron chi connectivity index (χ4n) is 1.28. The Balaban J connectivity index is 2.29. The Labute approximate surface area is 77.6 Å². The molecule has 1 nitrogen and oxygen atoms in total. The van der Waals surface area contributed by atoms with Crippen molar-refractivity contribution in [2.24, 2.45) is 0 Å². The molecule has 0 aliphatic heterocycles. The smallest absolute Gasteiger partial charge is 0.140 e. The molecule has 1 aliphatic rings. The molecule has 1 heterocycles. The summed E-state index contributed by atoms with van der Waals surface area (Å²) in [5.74, 6) is 0.597. The predicted octanol–water partition coefficient (Wildman–Crippen LogP) is 2.96. The highest BCUT2D eigenvalue weighted by atomic mass is 79.9. The van der Waals surface area contributed by atoms with Crippen LogP contribution in [0.25, 0.3) is 0 Å². The van der Waals surface area contributed by atoms with Gasteiger partial charge in [0.2, 0.25) is 0 Å². The first-order chi connectivity index (χ1) is 5.29. The molecule has 11 heavy (non-hydrogen) atoms. The lowest BCUT2D eigenvalue weighted by Gasteiger charge is -2.23. The van der Waals surface area contributed by atoms with Crippen LogP contribution in [0.5, 0.6) is 0 Å². The van der Waals surface area contributed by atoms with Gasteiger partial charge in [-0.1, -0.05) is 0 Å². The lowest BCUT2D eigenvalue weighted by molar-refractivity contribution is -0.125. The molecule has 0 saturated heterocycles. The van der Waals surface area contributed by atoms with Gasteiger partial charge in [-0.05, 0) is 33.3 Å². The Morgan fingerprint density at radius 2 is 2.36 bits per heavy atom. The summed E-state index contributed by atoms with van der Waals surface area (Å²) < 4.78 is 1.10. The van der Waals surface area contributed by atoms with Gasteiger partial charge in [-0.25, -0.2) is 0 Å². The van der Waals surface area contributed by atoms with Gasteiger partial charge in [0.1, 0.15) is 5.78 Å². The molecule has 1 aromatic rings. The molecule has 0 amide bonds. The van der Waals surface area contributed by atoms with Gasteiger partial charge >= 0.3 is 0 Å². The monoisotopic (exact) mass is 230 g/mol. The van der Waals surface area contributed by atoms with Crippen molar-refractivity contribution in [3.63, 3.8) is 0 Å². The molecule has 58 valence electrons. The van der Waals surface area contributed by atoms with E-state index in [2.05, 4.69) is 21.3 Å². The van der Waals surface area contributed by atoms with Crippen molar-refractivity contribution in [1.29, 1.82) is 0 Å². The summed E-state index contributed by atoms with van der Waals surface area (Å²) in [5.41, 5.74) is 1.19. The highest BCUT2D eigenvalue weighted by Gasteiger charge is 2.31.